The molecule has 19 heavy (non-hydrogen) atoms. The SMILES string of the molecule is COc1ccccc1OCCC1(N)CCN(C)CC1. The molecule has 0 unspecified atom stereocenters. The van der Waals surface area contributed by atoms with E-state index in [-0.39, 0.29) is 5.54 Å². The number of nitrogens with two attached hydrogens (primary N) is 1. The van der Waals surface area contributed by atoms with Gasteiger partial charge >= 0.3 is 0 Å². The van der Waals surface area contributed by atoms with Crippen molar-refractivity contribution in [1.82, 2.24) is 4.90 Å². The van der Waals surface area contributed by atoms with Crippen LogP contribution in [0.1, 0.15) is 19.3 Å². The van der Waals surface area contributed by atoms with E-state index >= 15 is 0 Å². The zero-order valence-corrected chi connectivity index (χ0v) is 11.9. The minimum atomic E-state index is -0.0749. The van der Waals surface area contributed by atoms with E-state index in [0.29, 0.717) is 6.61 Å². The topological polar surface area (TPSA) is 47.7 Å². The van der Waals surface area contributed by atoms with Crippen molar-refractivity contribution in [2.24, 2.45) is 5.73 Å². The highest BCUT2D eigenvalue weighted by atomic mass is 16.5. The number of rotatable bonds is 5. The molecule has 1 saturated heterocycles. The average molecular weight is 264 g/mol. The normalized spacial score (nSPS) is 19.1. The summed E-state index contributed by atoms with van der Waals surface area (Å²) < 4.78 is 11.1. The Balaban J connectivity index is 1.83. The van der Waals surface area contributed by atoms with Crippen LogP contribution in [0.5, 0.6) is 11.5 Å². The summed E-state index contributed by atoms with van der Waals surface area (Å²) in [5.74, 6) is 1.57. The van der Waals surface area contributed by atoms with Gasteiger partial charge in [-0.15, -0.1) is 0 Å². The smallest absolute Gasteiger partial charge is 0.161 e. The third-order valence-electron chi connectivity index (χ3n) is 3.91. The van der Waals surface area contributed by atoms with Gasteiger partial charge in [-0.1, -0.05) is 12.1 Å². The first kappa shape index (κ1) is 14.2. The molecule has 1 aliphatic rings. The van der Waals surface area contributed by atoms with Crippen LogP contribution in [0.15, 0.2) is 24.3 Å². The molecule has 0 radical (unpaired) electrons. The molecular formula is C15H24N2O2. The van der Waals surface area contributed by atoms with E-state index in [1.807, 2.05) is 24.3 Å². The van der Waals surface area contributed by atoms with Crippen LogP contribution in [-0.4, -0.2) is 44.3 Å². The van der Waals surface area contributed by atoms with Crippen LogP contribution in [0, 0.1) is 0 Å². The summed E-state index contributed by atoms with van der Waals surface area (Å²) in [6.07, 6.45) is 2.97. The van der Waals surface area contributed by atoms with Crippen LogP contribution >= 0.6 is 0 Å². The van der Waals surface area contributed by atoms with Crippen molar-refractivity contribution in [3.8, 4) is 11.5 Å². The van der Waals surface area contributed by atoms with Crippen molar-refractivity contribution in [2.45, 2.75) is 24.8 Å². The predicted molar refractivity (Wildman–Crippen MR) is 76.8 cm³/mol. The quantitative estimate of drug-likeness (QED) is 0.882. The van der Waals surface area contributed by atoms with Crippen LogP contribution < -0.4 is 15.2 Å². The number of methoxy groups -OCH3 is 1. The lowest BCUT2D eigenvalue weighted by Gasteiger charge is -2.37. The maximum absolute atomic E-state index is 6.42. The van der Waals surface area contributed by atoms with Gasteiger partial charge in [-0.3, -0.25) is 0 Å². The van der Waals surface area contributed by atoms with Crippen LogP contribution in [0.3, 0.4) is 0 Å². The van der Waals surface area contributed by atoms with E-state index in [4.69, 9.17) is 15.2 Å². The van der Waals surface area contributed by atoms with E-state index in [2.05, 4.69) is 11.9 Å². The maximum atomic E-state index is 6.42. The first-order chi connectivity index (χ1) is 9.13. The Kier molecular flexibility index (Phi) is 4.66. The van der Waals surface area contributed by atoms with Gasteiger partial charge in [0.25, 0.3) is 0 Å². The number of piperidine rings is 1. The second-order valence-electron chi connectivity index (χ2n) is 5.41. The summed E-state index contributed by atoms with van der Waals surface area (Å²) >= 11 is 0. The van der Waals surface area contributed by atoms with Gasteiger partial charge in [0.2, 0.25) is 0 Å². The third kappa shape index (κ3) is 3.85. The number of likely N-dealkylation sites (tertiary alicyclic amines) is 1. The van der Waals surface area contributed by atoms with Crippen LogP contribution in [0.2, 0.25) is 0 Å². The molecule has 0 bridgehead atoms. The standard InChI is InChI=1S/C15H24N2O2/c1-17-10-7-15(16,8-11-17)9-12-19-14-6-4-3-5-13(14)18-2/h3-6H,7-12,16H2,1-2H3. The highest BCUT2D eigenvalue weighted by Crippen LogP contribution is 2.27. The Hall–Kier alpha value is -1.26. The first-order valence-corrected chi connectivity index (χ1v) is 6.86. The monoisotopic (exact) mass is 264 g/mol. The van der Waals surface area contributed by atoms with Crippen LogP contribution in [0.25, 0.3) is 0 Å². The fourth-order valence-electron chi connectivity index (χ4n) is 2.42. The van der Waals surface area contributed by atoms with Crippen LogP contribution in [-0.2, 0) is 0 Å². The third-order valence-corrected chi connectivity index (χ3v) is 3.91. The summed E-state index contributed by atoms with van der Waals surface area (Å²) in [5, 5.41) is 0. The summed E-state index contributed by atoms with van der Waals surface area (Å²) in [7, 11) is 3.80. The molecule has 0 amide bonds. The number of hydrogen-bond acceptors (Lipinski definition) is 4. The maximum Gasteiger partial charge on any atom is 0.161 e. The van der Waals surface area contributed by atoms with E-state index in [1.165, 1.54) is 0 Å². The molecule has 0 aromatic heterocycles. The summed E-state index contributed by atoms with van der Waals surface area (Å²) in [6, 6.07) is 7.72. The van der Waals surface area contributed by atoms with Crippen molar-refractivity contribution in [3.63, 3.8) is 0 Å². The summed E-state index contributed by atoms with van der Waals surface area (Å²) in [5.41, 5.74) is 6.34. The second kappa shape index (κ2) is 6.26. The Morgan fingerprint density at radius 3 is 2.47 bits per heavy atom. The highest BCUT2D eigenvalue weighted by Gasteiger charge is 2.29. The van der Waals surface area contributed by atoms with Crippen molar-refractivity contribution in [2.75, 3.05) is 33.9 Å². The minimum absolute atomic E-state index is 0.0749. The Morgan fingerprint density at radius 1 is 1.21 bits per heavy atom. The van der Waals surface area contributed by atoms with E-state index < -0.39 is 0 Å². The van der Waals surface area contributed by atoms with E-state index in [1.54, 1.807) is 7.11 Å². The van der Waals surface area contributed by atoms with Crippen molar-refractivity contribution in [3.05, 3.63) is 24.3 Å². The molecule has 1 aromatic rings. The Bertz CT molecular complexity index is 401. The van der Waals surface area contributed by atoms with Gasteiger partial charge in [-0.2, -0.15) is 0 Å². The fourth-order valence-corrected chi connectivity index (χ4v) is 2.42. The zero-order chi connectivity index (χ0) is 13.7. The summed E-state index contributed by atoms with van der Waals surface area (Å²) in [6.45, 7) is 2.79. The van der Waals surface area contributed by atoms with Crippen molar-refractivity contribution in [1.29, 1.82) is 0 Å². The molecule has 1 aliphatic heterocycles. The molecule has 0 atom stereocenters. The van der Waals surface area contributed by atoms with Crippen molar-refractivity contribution < 1.29 is 9.47 Å². The number of nitrogens with zero attached hydrogens (tertiary/aromatic N) is 1. The molecule has 0 spiro atoms. The van der Waals surface area contributed by atoms with Gasteiger partial charge in [-0.25, -0.2) is 0 Å². The minimum Gasteiger partial charge on any atom is -0.493 e. The van der Waals surface area contributed by atoms with Gasteiger partial charge < -0.3 is 20.1 Å². The molecule has 1 aromatic carbocycles. The lowest BCUT2D eigenvalue weighted by atomic mass is 9.86. The average Bonchev–Trinajstić information content (AvgIpc) is 2.43. The highest BCUT2D eigenvalue weighted by molar-refractivity contribution is 5.39. The molecular weight excluding hydrogens is 240 g/mol. The van der Waals surface area contributed by atoms with Crippen molar-refractivity contribution >= 4 is 0 Å². The molecule has 0 aliphatic carbocycles. The predicted octanol–water partition coefficient (Wildman–Crippen LogP) is 1.89. The van der Waals surface area contributed by atoms with Crippen LogP contribution in [0.4, 0.5) is 0 Å². The van der Waals surface area contributed by atoms with E-state index in [0.717, 1.165) is 43.9 Å². The fraction of sp³-hybridized carbons (Fsp3) is 0.600. The largest absolute Gasteiger partial charge is 0.493 e. The number of benzene rings is 1. The van der Waals surface area contributed by atoms with Gasteiger partial charge in [-0.05, 0) is 51.5 Å². The lowest BCUT2D eigenvalue weighted by molar-refractivity contribution is 0.158. The molecule has 1 heterocycles. The zero-order valence-electron chi connectivity index (χ0n) is 11.9. The summed E-state index contributed by atoms with van der Waals surface area (Å²) in [4.78, 5) is 2.33. The Morgan fingerprint density at radius 2 is 1.84 bits per heavy atom. The molecule has 2 N–H and O–H groups in total. The number of ether oxygens (including phenoxy) is 2. The second-order valence-corrected chi connectivity index (χ2v) is 5.41. The molecule has 0 saturated carbocycles. The molecule has 106 valence electrons. The lowest BCUT2D eigenvalue weighted by Crippen LogP contribution is -2.50. The molecule has 1 fully saturated rings. The molecule has 4 heteroatoms. The first-order valence-electron chi connectivity index (χ1n) is 6.86. The molecule has 4 nitrogen and oxygen atoms in total. The number of para-hydroxylation sites is 2. The molecule has 2 rings (SSSR count). The van der Waals surface area contributed by atoms with Gasteiger partial charge in [0.05, 0.1) is 13.7 Å². The van der Waals surface area contributed by atoms with Gasteiger partial charge in [0.1, 0.15) is 0 Å². The van der Waals surface area contributed by atoms with E-state index in [9.17, 15) is 0 Å². The number of hydrogen-bond donors (Lipinski definition) is 1. The Labute approximate surface area is 115 Å². The van der Waals surface area contributed by atoms with Gasteiger partial charge in [0, 0.05) is 5.54 Å². The van der Waals surface area contributed by atoms with Gasteiger partial charge in [0.15, 0.2) is 11.5 Å².